The summed E-state index contributed by atoms with van der Waals surface area (Å²) in [7, 11) is 1.98. The Labute approximate surface area is 194 Å². The summed E-state index contributed by atoms with van der Waals surface area (Å²) >= 11 is 0. The van der Waals surface area contributed by atoms with Crippen LogP contribution in [0.15, 0.2) is 24.7 Å². The third kappa shape index (κ3) is 5.88. The molecule has 1 saturated heterocycles. The number of carbonyl (C=O) groups excluding carboxylic acids is 2. The highest BCUT2D eigenvalue weighted by Crippen LogP contribution is 2.18. The molecule has 33 heavy (non-hydrogen) atoms. The second-order valence-electron chi connectivity index (χ2n) is 8.95. The lowest BCUT2D eigenvalue weighted by Gasteiger charge is -2.32. The van der Waals surface area contributed by atoms with Crippen LogP contribution in [0, 0.1) is 0 Å². The molecule has 10 nitrogen and oxygen atoms in total. The number of aliphatic hydroxyl groups excluding tert-OH is 1. The van der Waals surface area contributed by atoms with Crippen LogP contribution in [0.4, 0.5) is 5.82 Å². The van der Waals surface area contributed by atoms with E-state index in [4.69, 9.17) is 0 Å². The summed E-state index contributed by atoms with van der Waals surface area (Å²) in [5.74, 6) is 0.512. The summed E-state index contributed by atoms with van der Waals surface area (Å²) in [5.41, 5.74) is 2.81. The molecule has 0 aromatic carbocycles. The molecule has 4 rings (SSSR count). The van der Waals surface area contributed by atoms with Crippen molar-refractivity contribution in [1.82, 2.24) is 29.7 Å². The summed E-state index contributed by atoms with van der Waals surface area (Å²) in [6, 6.07) is 3.62. The van der Waals surface area contributed by atoms with Crippen LogP contribution in [0.5, 0.6) is 0 Å². The topological polar surface area (TPSA) is 116 Å². The van der Waals surface area contributed by atoms with Crippen molar-refractivity contribution in [3.8, 4) is 0 Å². The number of pyridine rings is 1. The predicted molar refractivity (Wildman–Crippen MR) is 124 cm³/mol. The standard InChI is InChI=1S/C23H33N7O3/c1-16(31)30-9-4-18(5-10-30)27-22-11-17(3-7-24-22)23(33)25-12-19(32)13-29-8-6-20-21(14-29)28(2)15-26-20/h3,7,11,15,18-19,32H,4-6,8-10,12-14H2,1-2H3,(H,24,27)(H,25,33). The first-order valence-corrected chi connectivity index (χ1v) is 11.5. The quantitative estimate of drug-likeness (QED) is 0.553. The number of anilines is 1. The first kappa shape index (κ1) is 23.2. The number of nitrogens with zero attached hydrogens (tertiary/aromatic N) is 5. The molecule has 178 valence electrons. The molecule has 4 heterocycles. The summed E-state index contributed by atoms with van der Waals surface area (Å²) in [6.07, 6.45) is 5.35. The van der Waals surface area contributed by atoms with Crippen molar-refractivity contribution in [3.63, 3.8) is 0 Å². The van der Waals surface area contributed by atoms with Crippen molar-refractivity contribution in [2.75, 3.05) is 38.0 Å². The molecular weight excluding hydrogens is 422 g/mol. The summed E-state index contributed by atoms with van der Waals surface area (Å²) in [5, 5.41) is 16.7. The number of β-amino-alcohol motifs (C(OH)–C–C–N with tert-alkyl or cyclic N) is 1. The minimum absolute atomic E-state index is 0.106. The molecule has 1 atom stereocenters. The van der Waals surface area contributed by atoms with Gasteiger partial charge in [0.2, 0.25) is 5.91 Å². The summed E-state index contributed by atoms with van der Waals surface area (Å²) < 4.78 is 2.03. The Morgan fingerprint density at radius 2 is 2.03 bits per heavy atom. The monoisotopic (exact) mass is 455 g/mol. The smallest absolute Gasteiger partial charge is 0.251 e. The molecule has 0 bridgehead atoms. The van der Waals surface area contributed by atoms with Crippen LogP contribution in [-0.4, -0.2) is 86.1 Å². The average molecular weight is 456 g/mol. The molecule has 2 aromatic rings. The van der Waals surface area contributed by atoms with Gasteiger partial charge in [0.25, 0.3) is 5.91 Å². The molecule has 2 aliphatic heterocycles. The van der Waals surface area contributed by atoms with Crippen LogP contribution in [0.3, 0.4) is 0 Å². The zero-order valence-electron chi connectivity index (χ0n) is 19.3. The van der Waals surface area contributed by atoms with Crippen molar-refractivity contribution < 1.29 is 14.7 Å². The van der Waals surface area contributed by atoms with Gasteiger partial charge in [-0.15, -0.1) is 0 Å². The SMILES string of the molecule is CC(=O)N1CCC(Nc2cc(C(=O)NCC(O)CN3CCc4ncn(C)c4C3)ccn2)CC1. The van der Waals surface area contributed by atoms with Crippen LogP contribution in [0.2, 0.25) is 0 Å². The van der Waals surface area contributed by atoms with Crippen LogP contribution >= 0.6 is 0 Å². The molecule has 2 aliphatic rings. The maximum atomic E-state index is 12.6. The normalized spacial score (nSPS) is 18.0. The third-order valence-corrected chi connectivity index (χ3v) is 6.47. The lowest BCUT2D eigenvalue weighted by molar-refractivity contribution is -0.129. The number of piperidine rings is 1. The maximum absolute atomic E-state index is 12.6. The van der Waals surface area contributed by atoms with Gasteiger partial charge >= 0.3 is 0 Å². The number of likely N-dealkylation sites (tertiary alicyclic amines) is 1. The number of aliphatic hydroxyl groups is 1. The Kier molecular flexibility index (Phi) is 7.24. The molecule has 0 radical (unpaired) electrons. The van der Waals surface area contributed by atoms with E-state index < -0.39 is 6.10 Å². The Morgan fingerprint density at radius 3 is 2.79 bits per heavy atom. The lowest BCUT2D eigenvalue weighted by atomic mass is 10.0. The first-order chi connectivity index (χ1) is 15.9. The molecule has 0 spiro atoms. The number of amides is 2. The molecule has 10 heteroatoms. The van der Waals surface area contributed by atoms with Crippen molar-refractivity contribution in [2.24, 2.45) is 7.05 Å². The van der Waals surface area contributed by atoms with Crippen molar-refractivity contribution in [3.05, 3.63) is 41.6 Å². The minimum Gasteiger partial charge on any atom is -0.390 e. The van der Waals surface area contributed by atoms with Crippen LogP contribution < -0.4 is 10.6 Å². The first-order valence-electron chi connectivity index (χ1n) is 11.5. The van der Waals surface area contributed by atoms with Crippen molar-refractivity contribution in [1.29, 1.82) is 0 Å². The molecule has 1 fully saturated rings. The third-order valence-electron chi connectivity index (χ3n) is 6.47. The van der Waals surface area contributed by atoms with Gasteiger partial charge in [-0.25, -0.2) is 9.97 Å². The molecule has 2 amide bonds. The van der Waals surface area contributed by atoms with E-state index in [1.54, 1.807) is 25.3 Å². The Bertz CT molecular complexity index is 984. The van der Waals surface area contributed by atoms with E-state index >= 15 is 0 Å². The zero-order chi connectivity index (χ0) is 23.4. The Morgan fingerprint density at radius 1 is 1.24 bits per heavy atom. The molecule has 2 aromatic heterocycles. The number of hydrogen-bond donors (Lipinski definition) is 3. The maximum Gasteiger partial charge on any atom is 0.251 e. The fraction of sp³-hybridized carbons (Fsp3) is 0.565. The molecular formula is C23H33N7O3. The van der Waals surface area contributed by atoms with E-state index in [1.807, 2.05) is 22.8 Å². The van der Waals surface area contributed by atoms with Gasteiger partial charge in [0.1, 0.15) is 5.82 Å². The van der Waals surface area contributed by atoms with Crippen molar-refractivity contribution >= 4 is 17.6 Å². The van der Waals surface area contributed by atoms with Crippen LogP contribution in [-0.2, 0) is 24.8 Å². The highest BCUT2D eigenvalue weighted by molar-refractivity contribution is 5.94. The summed E-state index contributed by atoms with van der Waals surface area (Å²) in [4.78, 5) is 36.9. The predicted octanol–water partition coefficient (Wildman–Crippen LogP) is 0.387. The molecule has 0 saturated carbocycles. The van der Waals surface area contributed by atoms with Gasteiger partial charge < -0.3 is 25.2 Å². The van der Waals surface area contributed by atoms with E-state index in [0.717, 1.165) is 51.1 Å². The second kappa shape index (κ2) is 10.3. The van der Waals surface area contributed by atoms with Crippen LogP contribution in [0.1, 0.15) is 41.5 Å². The number of nitrogens with one attached hydrogen (secondary N) is 2. The van der Waals surface area contributed by atoms with E-state index in [-0.39, 0.29) is 24.4 Å². The number of aryl methyl sites for hydroxylation is 1. The van der Waals surface area contributed by atoms with Gasteiger partial charge in [-0.05, 0) is 25.0 Å². The molecule has 1 unspecified atom stereocenters. The van der Waals surface area contributed by atoms with Crippen LogP contribution in [0.25, 0.3) is 0 Å². The van der Waals surface area contributed by atoms with E-state index in [9.17, 15) is 14.7 Å². The number of imidazole rings is 1. The van der Waals surface area contributed by atoms with Gasteiger partial charge in [0.15, 0.2) is 0 Å². The minimum atomic E-state index is -0.658. The van der Waals surface area contributed by atoms with E-state index in [1.165, 1.54) is 5.69 Å². The number of carbonyl (C=O) groups is 2. The highest BCUT2D eigenvalue weighted by atomic mass is 16.3. The van der Waals surface area contributed by atoms with Gasteiger partial charge in [-0.3, -0.25) is 14.5 Å². The van der Waals surface area contributed by atoms with E-state index in [2.05, 4.69) is 25.5 Å². The van der Waals surface area contributed by atoms with Gasteiger partial charge in [0.05, 0.1) is 23.8 Å². The highest BCUT2D eigenvalue weighted by Gasteiger charge is 2.23. The Balaban J connectivity index is 1.23. The second-order valence-corrected chi connectivity index (χ2v) is 8.95. The zero-order valence-corrected chi connectivity index (χ0v) is 19.3. The average Bonchev–Trinajstić information content (AvgIpc) is 3.18. The number of aromatic nitrogens is 3. The van der Waals surface area contributed by atoms with Gasteiger partial charge in [-0.2, -0.15) is 0 Å². The van der Waals surface area contributed by atoms with Gasteiger partial charge in [-0.1, -0.05) is 0 Å². The summed E-state index contributed by atoms with van der Waals surface area (Å²) in [6.45, 7) is 5.32. The van der Waals surface area contributed by atoms with Gasteiger partial charge in [0, 0.05) is 77.5 Å². The fourth-order valence-corrected chi connectivity index (χ4v) is 4.50. The molecule has 3 N–H and O–H groups in total. The number of hydrogen-bond acceptors (Lipinski definition) is 7. The lowest BCUT2D eigenvalue weighted by Crippen LogP contribution is -2.42. The van der Waals surface area contributed by atoms with Crippen molar-refractivity contribution in [2.45, 2.75) is 44.9 Å². The molecule has 0 aliphatic carbocycles. The number of rotatable bonds is 7. The fourth-order valence-electron chi connectivity index (χ4n) is 4.50. The van der Waals surface area contributed by atoms with E-state index in [0.29, 0.717) is 17.9 Å². The number of fused-ring (bicyclic) bond motifs is 1. The largest absolute Gasteiger partial charge is 0.390 e. The Hall–Kier alpha value is -2.98.